The molecule has 0 spiro atoms. The fraction of sp³-hybridized carbons (Fsp3) is 0.167. The van der Waals surface area contributed by atoms with Crippen molar-refractivity contribution in [3.63, 3.8) is 0 Å². The Labute approximate surface area is 154 Å². The van der Waals surface area contributed by atoms with Gasteiger partial charge in [-0.3, -0.25) is 0 Å². The summed E-state index contributed by atoms with van der Waals surface area (Å²) in [6.45, 7) is 1.72. The van der Waals surface area contributed by atoms with Crippen LogP contribution in [0.2, 0.25) is 0 Å². The lowest BCUT2D eigenvalue weighted by molar-refractivity contribution is -0.107. The number of aromatic nitrogens is 4. The molecule has 0 unspecified atom stereocenters. The van der Waals surface area contributed by atoms with E-state index in [0.29, 0.717) is 40.0 Å². The first-order valence-electron chi connectivity index (χ1n) is 8.00. The maximum Gasteiger partial charge on any atom is 0.250 e. The maximum atomic E-state index is 13.9. The van der Waals surface area contributed by atoms with Gasteiger partial charge in [0.2, 0.25) is 5.88 Å². The quantitative estimate of drug-likeness (QED) is 0.638. The number of ether oxygens (including phenoxy) is 1. The van der Waals surface area contributed by atoms with Gasteiger partial charge in [0.05, 0.1) is 24.7 Å². The van der Waals surface area contributed by atoms with Crippen molar-refractivity contribution in [1.82, 2.24) is 19.9 Å². The van der Waals surface area contributed by atoms with Gasteiger partial charge >= 0.3 is 0 Å². The molecule has 0 saturated carbocycles. The molecule has 0 aliphatic heterocycles. The molecule has 0 aliphatic rings. The van der Waals surface area contributed by atoms with E-state index in [2.05, 4.69) is 25.3 Å². The van der Waals surface area contributed by atoms with Gasteiger partial charge in [0.25, 0.3) is 0 Å². The van der Waals surface area contributed by atoms with Crippen molar-refractivity contribution in [3.8, 4) is 17.1 Å². The van der Waals surface area contributed by atoms with Crippen LogP contribution in [0.15, 0.2) is 30.6 Å². The molecule has 0 fully saturated rings. The molecule has 0 aliphatic carbocycles. The first kappa shape index (κ1) is 18.2. The topological polar surface area (TPSA) is 116 Å². The number of halogens is 1. The molecule has 0 radical (unpaired) electrons. The van der Waals surface area contributed by atoms with Gasteiger partial charge in [-0.25, -0.2) is 24.3 Å². The first-order valence-corrected chi connectivity index (χ1v) is 8.00. The average Bonchev–Trinajstić information content (AvgIpc) is 2.62. The molecule has 0 aromatic carbocycles. The van der Waals surface area contributed by atoms with Crippen LogP contribution in [0, 0.1) is 12.7 Å². The zero-order valence-corrected chi connectivity index (χ0v) is 14.7. The fourth-order valence-electron chi connectivity index (χ4n) is 2.52. The van der Waals surface area contributed by atoms with Crippen molar-refractivity contribution in [1.29, 1.82) is 0 Å². The van der Waals surface area contributed by atoms with Crippen LogP contribution in [0.1, 0.15) is 11.4 Å². The minimum atomic E-state index is -0.608. The van der Waals surface area contributed by atoms with Gasteiger partial charge in [-0.1, -0.05) is 0 Å². The minimum Gasteiger partial charge on any atom is -0.479 e. The summed E-state index contributed by atoms with van der Waals surface area (Å²) in [5, 5.41) is 3.01. The maximum absolute atomic E-state index is 13.9. The summed E-state index contributed by atoms with van der Waals surface area (Å²) in [7, 11) is 1.34. The number of pyridine rings is 2. The van der Waals surface area contributed by atoms with Gasteiger partial charge in [0.1, 0.15) is 23.7 Å². The van der Waals surface area contributed by atoms with E-state index < -0.39 is 5.82 Å². The van der Waals surface area contributed by atoms with Crippen LogP contribution in [0.3, 0.4) is 0 Å². The van der Waals surface area contributed by atoms with E-state index in [1.54, 1.807) is 25.3 Å². The van der Waals surface area contributed by atoms with Crippen molar-refractivity contribution in [3.05, 3.63) is 47.8 Å². The van der Waals surface area contributed by atoms with Crippen molar-refractivity contribution in [2.24, 2.45) is 0 Å². The predicted molar refractivity (Wildman–Crippen MR) is 98.2 cm³/mol. The third-order valence-electron chi connectivity index (χ3n) is 3.66. The number of anilines is 3. The van der Waals surface area contributed by atoms with Crippen LogP contribution >= 0.6 is 0 Å². The van der Waals surface area contributed by atoms with Crippen molar-refractivity contribution in [2.75, 3.05) is 18.2 Å². The summed E-state index contributed by atoms with van der Waals surface area (Å²) in [6.07, 6.45) is 3.98. The second-order valence-electron chi connectivity index (χ2n) is 5.68. The van der Waals surface area contributed by atoms with Crippen LogP contribution in [0.5, 0.6) is 5.88 Å². The number of nitrogens with one attached hydrogen (secondary N) is 1. The number of aldehydes is 1. The van der Waals surface area contributed by atoms with Crippen molar-refractivity contribution >= 4 is 23.6 Å². The Morgan fingerprint density at radius 2 is 2.04 bits per heavy atom. The third kappa shape index (κ3) is 4.14. The number of carbonyl (C=O) groups is 1. The third-order valence-corrected chi connectivity index (χ3v) is 3.66. The number of aryl methyl sites for hydroxylation is 1. The smallest absolute Gasteiger partial charge is 0.250 e. The van der Waals surface area contributed by atoms with Gasteiger partial charge in [-0.2, -0.15) is 0 Å². The number of nitrogen functional groups attached to an aromatic ring is 1. The number of hydrogen-bond donors (Lipinski definition) is 2. The Kier molecular flexibility index (Phi) is 5.20. The SMILES string of the molecule is COc1ncc(Nc2ncc(CC=O)cc2-c2cc(N)nc(C)n2)cc1F. The molecule has 3 rings (SSSR count). The van der Waals surface area contributed by atoms with Gasteiger partial charge < -0.3 is 20.6 Å². The summed E-state index contributed by atoms with van der Waals surface area (Å²) in [5.74, 6) is 0.502. The van der Waals surface area contributed by atoms with E-state index in [0.717, 1.165) is 6.29 Å². The lowest BCUT2D eigenvalue weighted by Crippen LogP contribution is -2.03. The number of rotatable bonds is 6. The Bertz CT molecular complexity index is 975. The molecule has 0 bridgehead atoms. The molecule has 0 atom stereocenters. The van der Waals surface area contributed by atoms with Crippen LogP contribution in [0.25, 0.3) is 11.3 Å². The van der Waals surface area contributed by atoms with Crippen LogP contribution < -0.4 is 15.8 Å². The molecule has 3 aromatic rings. The number of carbonyl (C=O) groups excluding carboxylic acids is 1. The van der Waals surface area contributed by atoms with E-state index in [1.165, 1.54) is 19.4 Å². The summed E-state index contributed by atoms with van der Waals surface area (Å²) < 4.78 is 18.7. The average molecular weight is 368 g/mol. The van der Waals surface area contributed by atoms with E-state index in [1.807, 2.05) is 0 Å². The lowest BCUT2D eigenvalue weighted by Gasteiger charge is -2.13. The second-order valence-corrected chi connectivity index (χ2v) is 5.68. The number of nitrogens with two attached hydrogens (primary N) is 1. The zero-order chi connectivity index (χ0) is 19.4. The highest BCUT2D eigenvalue weighted by molar-refractivity contribution is 5.78. The molecule has 3 aromatic heterocycles. The monoisotopic (exact) mass is 368 g/mol. The summed E-state index contributed by atoms with van der Waals surface area (Å²) in [6, 6.07) is 4.63. The molecule has 27 heavy (non-hydrogen) atoms. The predicted octanol–water partition coefficient (Wildman–Crippen LogP) is 2.46. The minimum absolute atomic E-state index is 0.103. The van der Waals surface area contributed by atoms with Gasteiger partial charge in [-0.05, 0) is 18.6 Å². The molecule has 8 nitrogen and oxygen atoms in total. The van der Waals surface area contributed by atoms with Gasteiger partial charge in [0.15, 0.2) is 5.82 Å². The van der Waals surface area contributed by atoms with Crippen LogP contribution in [0.4, 0.5) is 21.7 Å². The first-order chi connectivity index (χ1) is 13.0. The molecule has 0 saturated heterocycles. The second kappa shape index (κ2) is 7.73. The van der Waals surface area contributed by atoms with Gasteiger partial charge in [-0.15, -0.1) is 0 Å². The Morgan fingerprint density at radius 3 is 2.70 bits per heavy atom. The molecule has 9 heteroatoms. The normalized spacial score (nSPS) is 10.5. The number of hydrogen-bond acceptors (Lipinski definition) is 8. The van der Waals surface area contributed by atoms with E-state index in [4.69, 9.17) is 10.5 Å². The van der Waals surface area contributed by atoms with Gasteiger partial charge in [0, 0.05) is 30.3 Å². The molecule has 3 N–H and O–H groups in total. The number of nitrogens with zero attached hydrogens (tertiary/aromatic N) is 4. The van der Waals surface area contributed by atoms with Crippen LogP contribution in [-0.4, -0.2) is 33.3 Å². The molecular formula is C18H17FN6O2. The highest BCUT2D eigenvalue weighted by Gasteiger charge is 2.13. The van der Waals surface area contributed by atoms with Crippen LogP contribution in [-0.2, 0) is 11.2 Å². The molecule has 0 amide bonds. The van der Waals surface area contributed by atoms with Crippen molar-refractivity contribution in [2.45, 2.75) is 13.3 Å². The molecular weight excluding hydrogens is 351 g/mol. The largest absolute Gasteiger partial charge is 0.479 e. The van der Waals surface area contributed by atoms with E-state index in [-0.39, 0.29) is 12.3 Å². The fourth-order valence-corrected chi connectivity index (χ4v) is 2.52. The summed E-state index contributed by atoms with van der Waals surface area (Å²) >= 11 is 0. The zero-order valence-electron chi connectivity index (χ0n) is 14.7. The molecule has 138 valence electrons. The summed E-state index contributed by atoms with van der Waals surface area (Å²) in [5.41, 5.74) is 8.04. The Morgan fingerprint density at radius 1 is 1.22 bits per heavy atom. The highest BCUT2D eigenvalue weighted by Crippen LogP contribution is 2.30. The Balaban J connectivity index is 2.06. The van der Waals surface area contributed by atoms with Crippen molar-refractivity contribution < 1.29 is 13.9 Å². The highest BCUT2D eigenvalue weighted by atomic mass is 19.1. The number of methoxy groups -OCH3 is 1. The lowest BCUT2D eigenvalue weighted by atomic mass is 10.1. The Hall–Kier alpha value is -3.62. The summed E-state index contributed by atoms with van der Waals surface area (Å²) in [4.78, 5) is 27.5. The van der Waals surface area contributed by atoms with E-state index >= 15 is 0 Å². The van der Waals surface area contributed by atoms with E-state index in [9.17, 15) is 9.18 Å². The standard InChI is InChI=1S/C18H17FN6O2/c1-10-23-15(7-16(20)24-10)13-5-11(3-4-26)8-21-17(13)25-12-6-14(19)18(27-2)22-9-12/h4-9H,3H2,1-2H3,(H,21,25)(H2,20,23,24). The molecule has 3 heterocycles.